The van der Waals surface area contributed by atoms with Gasteiger partial charge in [-0.05, 0) is 45.1 Å². The molecule has 0 saturated heterocycles. The number of hydrogen-bond acceptors (Lipinski definition) is 5. The van der Waals surface area contributed by atoms with Crippen LogP contribution in [0.5, 0.6) is 5.75 Å². The first-order valence-corrected chi connectivity index (χ1v) is 10.9. The van der Waals surface area contributed by atoms with Crippen molar-refractivity contribution in [1.29, 1.82) is 0 Å². The maximum atomic E-state index is 13.4. The van der Waals surface area contributed by atoms with Gasteiger partial charge in [-0.25, -0.2) is 4.79 Å². The number of rotatable bonds is 6. The molecule has 0 aromatic heterocycles. The molecular formula is C25H33NO4. The van der Waals surface area contributed by atoms with Crippen molar-refractivity contribution >= 4 is 17.5 Å². The third kappa shape index (κ3) is 4.50. The van der Waals surface area contributed by atoms with Gasteiger partial charge < -0.3 is 9.47 Å². The number of ketones is 1. The fourth-order valence-electron chi connectivity index (χ4n) is 4.55. The van der Waals surface area contributed by atoms with Crippen LogP contribution in [0, 0.1) is 11.3 Å². The van der Waals surface area contributed by atoms with Crippen molar-refractivity contribution in [2.24, 2.45) is 16.3 Å². The van der Waals surface area contributed by atoms with Crippen LogP contribution < -0.4 is 4.74 Å². The number of aliphatic imine (C=N–C) groups is 1. The van der Waals surface area contributed by atoms with Gasteiger partial charge in [0.15, 0.2) is 0 Å². The molecule has 30 heavy (non-hydrogen) atoms. The average molecular weight is 412 g/mol. The molecule has 0 N–H and O–H groups in total. The summed E-state index contributed by atoms with van der Waals surface area (Å²) in [5.41, 5.74) is 2.69. The summed E-state index contributed by atoms with van der Waals surface area (Å²) in [5.74, 6) is -0.463. The van der Waals surface area contributed by atoms with Gasteiger partial charge in [0.05, 0.1) is 24.2 Å². The van der Waals surface area contributed by atoms with Gasteiger partial charge in [-0.2, -0.15) is 0 Å². The summed E-state index contributed by atoms with van der Waals surface area (Å²) in [5, 5.41) is 0. The molecule has 162 valence electrons. The first-order valence-electron chi connectivity index (χ1n) is 10.9. The normalized spacial score (nSPS) is 23.2. The third-order valence-electron chi connectivity index (χ3n) is 5.64. The summed E-state index contributed by atoms with van der Waals surface area (Å²) < 4.78 is 11.6. The Labute approximate surface area is 179 Å². The van der Waals surface area contributed by atoms with Crippen molar-refractivity contribution < 1.29 is 19.1 Å². The molecule has 0 bridgehead atoms. The number of allylic oxidation sites excluding steroid dienone is 1. The zero-order valence-corrected chi connectivity index (χ0v) is 19.0. The smallest absolute Gasteiger partial charge is 0.336 e. The van der Waals surface area contributed by atoms with Crippen LogP contribution in [0.2, 0.25) is 0 Å². The van der Waals surface area contributed by atoms with E-state index in [1.165, 1.54) is 0 Å². The minimum absolute atomic E-state index is 0.127. The maximum Gasteiger partial charge on any atom is 0.336 e. The van der Waals surface area contributed by atoms with Gasteiger partial charge in [0.25, 0.3) is 0 Å². The number of hydrogen-bond donors (Lipinski definition) is 0. The minimum Gasteiger partial charge on any atom is -0.493 e. The highest BCUT2D eigenvalue weighted by Gasteiger charge is 2.48. The van der Waals surface area contributed by atoms with E-state index in [2.05, 4.69) is 20.8 Å². The van der Waals surface area contributed by atoms with E-state index in [-0.39, 0.29) is 17.3 Å². The number of para-hydroxylation sites is 1. The minimum atomic E-state index is -0.456. The molecule has 0 amide bonds. The molecule has 1 saturated carbocycles. The van der Waals surface area contributed by atoms with E-state index in [9.17, 15) is 9.59 Å². The lowest BCUT2D eigenvalue weighted by Gasteiger charge is -2.41. The highest BCUT2D eigenvalue weighted by molar-refractivity contribution is 6.12. The van der Waals surface area contributed by atoms with E-state index >= 15 is 0 Å². The van der Waals surface area contributed by atoms with Gasteiger partial charge in [0, 0.05) is 29.3 Å². The highest BCUT2D eigenvalue weighted by Crippen LogP contribution is 2.48. The zero-order chi connectivity index (χ0) is 22.1. The molecule has 5 nitrogen and oxygen atoms in total. The molecule has 2 aliphatic rings. The van der Waals surface area contributed by atoms with E-state index in [4.69, 9.17) is 14.5 Å². The van der Waals surface area contributed by atoms with Gasteiger partial charge in [0.2, 0.25) is 0 Å². The molecule has 5 heteroatoms. The molecule has 0 spiro atoms. The van der Waals surface area contributed by atoms with E-state index in [0.29, 0.717) is 30.0 Å². The number of fused-ring (bicyclic) bond motifs is 1. The quantitative estimate of drug-likeness (QED) is 0.600. The molecule has 1 aliphatic carbocycles. The molecule has 1 aromatic carbocycles. The monoisotopic (exact) mass is 411 g/mol. The Morgan fingerprint density at radius 2 is 1.90 bits per heavy atom. The van der Waals surface area contributed by atoms with Gasteiger partial charge >= 0.3 is 5.97 Å². The fraction of sp³-hybridized carbons (Fsp3) is 0.560. The molecule has 3 rings (SSSR count). The lowest BCUT2D eigenvalue weighted by Crippen LogP contribution is -2.44. The summed E-state index contributed by atoms with van der Waals surface area (Å²) in [7, 11) is 0. The van der Waals surface area contributed by atoms with Crippen LogP contribution in [0.15, 0.2) is 40.5 Å². The summed E-state index contributed by atoms with van der Waals surface area (Å²) in [4.78, 5) is 31.3. The third-order valence-corrected chi connectivity index (χ3v) is 5.64. The van der Waals surface area contributed by atoms with Gasteiger partial charge in [0.1, 0.15) is 11.5 Å². The Morgan fingerprint density at radius 3 is 2.57 bits per heavy atom. The van der Waals surface area contributed by atoms with Crippen LogP contribution in [0.3, 0.4) is 0 Å². The van der Waals surface area contributed by atoms with Crippen molar-refractivity contribution in [2.45, 2.75) is 72.8 Å². The number of esters is 1. The van der Waals surface area contributed by atoms with Crippen LogP contribution in [0.1, 0.15) is 72.3 Å². The molecule has 1 unspecified atom stereocenters. The van der Waals surface area contributed by atoms with E-state index in [1.807, 2.05) is 45.0 Å². The van der Waals surface area contributed by atoms with E-state index in [0.717, 1.165) is 24.1 Å². The Kier molecular flexibility index (Phi) is 6.49. The Bertz CT molecular complexity index is 894. The van der Waals surface area contributed by atoms with Crippen LogP contribution in [-0.2, 0) is 14.3 Å². The first kappa shape index (κ1) is 22.3. The van der Waals surface area contributed by atoms with Crippen molar-refractivity contribution in [3.63, 3.8) is 0 Å². The van der Waals surface area contributed by atoms with Crippen LogP contribution in [0.4, 0.5) is 0 Å². The molecule has 1 aromatic rings. The second-order valence-corrected chi connectivity index (χ2v) is 9.38. The summed E-state index contributed by atoms with van der Waals surface area (Å²) in [6.07, 6.45) is 1.83. The second-order valence-electron chi connectivity index (χ2n) is 9.38. The lowest BCUT2D eigenvalue weighted by molar-refractivity contribution is -0.143. The first-order chi connectivity index (χ1) is 14.1. The largest absolute Gasteiger partial charge is 0.493 e. The van der Waals surface area contributed by atoms with Crippen molar-refractivity contribution in [1.82, 2.24) is 0 Å². The number of ether oxygens (including phenoxy) is 2. The number of benzene rings is 1. The van der Waals surface area contributed by atoms with E-state index in [1.54, 1.807) is 0 Å². The predicted octanol–water partition coefficient (Wildman–Crippen LogP) is 5.24. The molecule has 0 radical (unpaired) electrons. The highest BCUT2D eigenvalue weighted by atomic mass is 16.5. The van der Waals surface area contributed by atoms with Gasteiger partial charge in [-0.1, -0.05) is 39.0 Å². The molecule has 2 atom stereocenters. The Morgan fingerprint density at radius 1 is 1.20 bits per heavy atom. The standard InChI is InChI=1S/C25H33NO4/c1-7-12-29-20-11-9-8-10-17(20)22-21(24(28)30-15(2)3)16(4)26-18-13-25(5,6)14-19(27)23(18)22/h8-11,15,22-23H,7,12-14H2,1-6H3/t22-,23?/m1/s1. The zero-order valence-electron chi connectivity index (χ0n) is 19.0. The predicted molar refractivity (Wildman–Crippen MR) is 118 cm³/mol. The van der Waals surface area contributed by atoms with Crippen LogP contribution in [-0.4, -0.2) is 30.2 Å². The SMILES string of the molecule is CCCOc1ccccc1[C@@H]1C(C(=O)OC(C)C)=C(C)N=C2CC(C)(C)CC(=O)C21. The number of nitrogens with zero attached hydrogens (tertiary/aromatic N) is 1. The van der Waals surface area contributed by atoms with Crippen LogP contribution in [0.25, 0.3) is 0 Å². The van der Waals surface area contributed by atoms with Crippen molar-refractivity contribution in [2.75, 3.05) is 6.61 Å². The molecular weight excluding hydrogens is 378 g/mol. The summed E-state index contributed by atoms with van der Waals surface area (Å²) in [6, 6.07) is 7.72. The van der Waals surface area contributed by atoms with Crippen molar-refractivity contribution in [3.8, 4) is 5.75 Å². The molecule has 1 heterocycles. The van der Waals surface area contributed by atoms with Crippen LogP contribution >= 0.6 is 0 Å². The maximum absolute atomic E-state index is 13.4. The van der Waals surface area contributed by atoms with E-state index < -0.39 is 17.8 Å². The molecule has 1 fully saturated rings. The Hall–Kier alpha value is -2.43. The Balaban J connectivity index is 2.17. The molecule has 1 aliphatic heterocycles. The summed E-state index contributed by atoms with van der Waals surface area (Å²) in [6.45, 7) is 12.3. The van der Waals surface area contributed by atoms with Gasteiger partial charge in [-0.3, -0.25) is 9.79 Å². The number of Topliss-reactive ketones (excluding diaryl/α,β-unsaturated/α-hetero) is 1. The van der Waals surface area contributed by atoms with Crippen molar-refractivity contribution in [3.05, 3.63) is 41.1 Å². The van der Waals surface area contributed by atoms with Gasteiger partial charge in [-0.15, -0.1) is 0 Å². The average Bonchev–Trinajstić information content (AvgIpc) is 2.63. The number of carbonyl (C=O) groups excluding carboxylic acids is 2. The number of carbonyl (C=O) groups is 2. The second kappa shape index (κ2) is 8.75. The topological polar surface area (TPSA) is 65.0 Å². The lowest BCUT2D eigenvalue weighted by atomic mass is 9.63. The fourth-order valence-corrected chi connectivity index (χ4v) is 4.55. The summed E-state index contributed by atoms with van der Waals surface area (Å²) >= 11 is 0.